The van der Waals surface area contributed by atoms with Crippen molar-refractivity contribution < 1.29 is 17.9 Å². The Balaban J connectivity index is 2.50. The topological polar surface area (TPSA) is 9.23 Å². The lowest BCUT2D eigenvalue weighted by Crippen LogP contribution is -2.11. The average Bonchev–Trinajstić information content (AvgIpc) is 2.35. The average molecular weight is 289 g/mol. The first kappa shape index (κ1) is 14.0. The van der Waals surface area contributed by atoms with Crippen LogP contribution < -0.4 is 4.74 Å². The molecule has 5 heteroatoms. The van der Waals surface area contributed by atoms with Crippen LogP contribution >= 0.6 is 11.6 Å². The zero-order valence-electron chi connectivity index (χ0n) is 10.2. The number of hydrogen-bond donors (Lipinski definition) is 0. The second kappa shape index (κ2) is 5.29. The summed E-state index contributed by atoms with van der Waals surface area (Å²) >= 11 is 5.90. The minimum absolute atomic E-state index is 0.468. The van der Waals surface area contributed by atoms with Gasteiger partial charge < -0.3 is 4.74 Å². The molecule has 0 bridgehead atoms. The molecule has 0 aliphatic carbocycles. The Labute approximate surface area is 113 Å². The van der Waals surface area contributed by atoms with Crippen LogP contribution in [0.3, 0.4) is 0 Å². The number of alkyl halides is 4. The molecule has 0 aliphatic rings. The standard InChI is InChI=1S/C14H12ClF3O/c1-19-13-7-6-10(12(15)8-14(16,17)18)9-4-2-3-5-11(9)13/h2-7,12H,8H2,1H3. The maximum Gasteiger partial charge on any atom is 0.390 e. The Kier molecular flexibility index (Phi) is 3.90. The van der Waals surface area contributed by atoms with E-state index in [1.54, 1.807) is 30.3 Å². The van der Waals surface area contributed by atoms with Crippen molar-refractivity contribution in [2.45, 2.75) is 18.0 Å². The van der Waals surface area contributed by atoms with Crippen molar-refractivity contribution in [3.8, 4) is 5.75 Å². The van der Waals surface area contributed by atoms with Crippen molar-refractivity contribution in [3.63, 3.8) is 0 Å². The van der Waals surface area contributed by atoms with Crippen molar-refractivity contribution in [1.82, 2.24) is 0 Å². The molecule has 0 saturated carbocycles. The molecule has 19 heavy (non-hydrogen) atoms. The summed E-state index contributed by atoms with van der Waals surface area (Å²) in [4.78, 5) is 0. The van der Waals surface area contributed by atoms with Crippen LogP contribution in [0.25, 0.3) is 10.8 Å². The SMILES string of the molecule is COc1ccc(C(Cl)CC(F)(F)F)c2ccccc12. The van der Waals surface area contributed by atoms with E-state index in [0.29, 0.717) is 16.7 Å². The fourth-order valence-corrected chi connectivity index (χ4v) is 2.42. The molecule has 0 aromatic heterocycles. The molecule has 2 aromatic rings. The van der Waals surface area contributed by atoms with Crippen molar-refractivity contribution in [1.29, 1.82) is 0 Å². The molecule has 2 rings (SSSR count). The van der Waals surface area contributed by atoms with Crippen LogP contribution in [0.2, 0.25) is 0 Å². The summed E-state index contributed by atoms with van der Waals surface area (Å²) in [6, 6.07) is 10.4. The molecular weight excluding hydrogens is 277 g/mol. The summed E-state index contributed by atoms with van der Waals surface area (Å²) in [5.74, 6) is 0.621. The van der Waals surface area contributed by atoms with E-state index in [1.165, 1.54) is 7.11 Å². The molecule has 102 valence electrons. The first-order chi connectivity index (χ1) is 8.92. The predicted molar refractivity (Wildman–Crippen MR) is 69.8 cm³/mol. The van der Waals surface area contributed by atoms with Gasteiger partial charge in [-0.15, -0.1) is 11.6 Å². The van der Waals surface area contributed by atoms with E-state index in [-0.39, 0.29) is 0 Å². The van der Waals surface area contributed by atoms with E-state index < -0.39 is 18.0 Å². The third-order valence-electron chi connectivity index (χ3n) is 2.89. The van der Waals surface area contributed by atoms with Gasteiger partial charge in [0.2, 0.25) is 0 Å². The van der Waals surface area contributed by atoms with Crippen molar-refractivity contribution in [3.05, 3.63) is 42.0 Å². The maximum atomic E-state index is 12.4. The third-order valence-corrected chi connectivity index (χ3v) is 3.28. The smallest absolute Gasteiger partial charge is 0.390 e. The third kappa shape index (κ3) is 3.13. The number of hydrogen-bond acceptors (Lipinski definition) is 1. The van der Waals surface area contributed by atoms with Crippen molar-refractivity contribution >= 4 is 22.4 Å². The quantitative estimate of drug-likeness (QED) is 0.716. The highest BCUT2D eigenvalue weighted by molar-refractivity contribution is 6.22. The lowest BCUT2D eigenvalue weighted by molar-refractivity contribution is -0.134. The minimum atomic E-state index is -4.28. The lowest BCUT2D eigenvalue weighted by atomic mass is 9.99. The molecule has 0 spiro atoms. The van der Waals surface area contributed by atoms with Crippen LogP contribution in [-0.4, -0.2) is 13.3 Å². The molecule has 0 aliphatic heterocycles. The molecular formula is C14H12ClF3O. The highest BCUT2D eigenvalue weighted by Crippen LogP contribution is 2.39. The number of ether oxygens (including phenoxy) is 1. The Morgan fingerprint density at radius 3 is 2.32 bits per heavy atom. The van der Waals surface area contributed by atoms with E-state index in [1.807, 2.05) is 6.07 Å². The van der Waals surface area contributed by atoms with Crippen LogP contribution in [0.1, 0.15) is 17.4 Å². The van der Waals surface area contributed by atoms with Gasteiger partial charge in [-0.2, -0.15) is 13.2 Å². The van der Waals surface area contributed by atoms with E-state index in [0.717, 1.165) is 5.39 Å². The highest BCUT2D eigenvalue weighted by Gasteiger charge is 2.32. The summed E-state index contributed by atoms with van der Waals surface area (Å²) in [7, 11) is 1.52. The Bertz CT molecular complexity index is 580. The monoisotopic (exact) mass is 288 g/mol. The molecule has 0 saturated heterocycles. The van der Waals surface area contributed by atoms with Crippen molar-refractivity contribution in [2.75, 3.05) is 7.11 Å². The van der Waals surface area contributed by atoms with Gasteiger partial charge in [0.25, 0.3) is 0 Å². The molecule has 0 fully saturated rings. The van der Waals surface area contributed by atoms with Gasteiger partial charge in [-0.3, -0.25) is 0 Å². The van der Waals surface area contributed by atoms with E-state index in [9.17, 15) is 13.2 Å². The fourth-order valence-electron chi connectivity index (χ4n) is 2.06. The molecule has 0 amide bonds. The molecule has 0 heterocycles. The van der Waals surface area contributed by atoms with Gasteiger partial charge in [0.1, 0.15) is 5.75 Å². The molecule has 1 nitrogen and oxygen atoms in total. The molecule has 0 N–H and O–H groups in total. The summed E-state index contributed by atoms with van der Waals surface area (Å²) in [5.41, 5.74) is 0.468. The zero-order chi connectivity index (χ0) is 14.0. The van der Waals surface area contributed by atoms with Gasteiger partial charge in [0, 0.05) is 5.39 Å². The van der Waals surface area contributed by atoms with Crippen LogP contribution in [0.4, 0.5) is 13.2 Å². The zero-order valence-corrected chi connectivity index (χ0v) is 10.9. The van der Waals surface area contributed by atoms with Crippen molar-refractivity contribution in [2.24, 2.45) is 0 Å². The Hall–Kier alpha value is -1.42. The number of rotatable bonds is 3. The lowest BCUT2D eigenvalue weighted by Gasteiger charge is -2.16. The normalized spacial score (nSPS) is 13.5. The molecule has 1 unspecified atom stereocenters. The van der Waals surface area contributed by atoms with Crippen LogP contribution in [0.5, 0.6) is 5.75 Å². The molecule has 2 aromatic carbocycles. The number of fused-ring (bicyclic) bond motifs is 1. The summed E-state index contributed by atoms with van der Waals surface area (Å²) in [6.07, 6.45) is -5.33. The number of halogens is 4. The van der Waals surface area contributed by atoms with Crippen LogP contribution in [0, 0.1) is 0 Å². The fraction of sp³-hybridized carbons (Fsp3) is 0.286. The minimum Gasteiger partial charge on any atom is -0.496 e. The summed E-state index contributed by atoms with van der Waals surface area (Å²) in [6.45, 7) is 0. The van der Waals surface area contributed by atoms with E-state index >= 15 is 0 Å². The van der Waals surface area contributed by atoms with Crippen LogP contribution in [-0.2, 0) is 0 Å². The first-order valence-electron chi connectivity index (χ1n) is 5.69. The van der Waals surface area contributed by atoms with Gasteiger partial charge in [-0.25, -0.2) is 0 Å². The summed E-state index contributed by atoms with van der Waals surface area (Å²) < 4.78 is 42.5. The van der Waals surface area contributed by atoms with Gasteiger partial charge in [-0.05, 0) is 17.0 Å². The Morgan fingerprint density at radius 2 is 1.74 bits per heavy atom. The molecule has 1 atom stereocenters. The number of benzene rings is 2. The van der Waals surface area contributed by atoms with E-state index in [4.69, 9.17) is 16.3 Å². The first-order valence-corrected chi connectivity index (χ1v) is 6.12. The van der Waals surface area contributed by atoms with Crippen LogP contribution in [0.15, 0.2) is 36.4 Å². The van der Waals surface area contributed by atoms with Gasteiger partial charge in [0.05, 0.1) is 18.9 Å². The highest BCUT2D eigenvalue weighted by atomic mass is 35.5. The second-order valence-corrected chi connectivity index (χ2v) is 4.72. The second-order valence-electron chi connectivity index (χ2n) is 4.19. The molecule has 0 radical (unpaired) electrons. The number of methoxy groups -OCH3 is 1. The maximum absolute atomic E-state index is 12.4. The summed E-state index contributed by atoms with van der Waals surface area (Å²) in [5, 5.41) is 0.345. The van der Waals surface area contributed by atoms with Gasteiger partial charge in [-0.1, -0.05) is 30.3 Å². The Morgan fingerprint density at radius 1 is 1.11 bits per heavy atom. The van der Waals surface area contributed by atoms with Gasteiger partial charge in [0.15, 0.2) is 0 Å². The largest absolute Gasteiger partial charge is 0.496 e. The van der Waals surface area contributed by atoms with Gasteiger partial charge >= 0.3 is 6.18 Å². The van der Waals surface area contributed by atoms with E-state index in [2.05, 4.69) is 0 Å². The predicted octanol–water partition coefficient (Wildman–Crippen LogP) is 5.08.